The number of aromatic nitrogens is 2. The van der Waals surface area contributed by atoms with Crippen molar-refractivity contribution in [3.63, 3.8) is 0 Å². The highest BCUT2D eigenvalue weighted by molar-refractivity contribution is 6.30. The lowest BCUT2D eigenvalue weighted by molar-refractivity contribution is -0.142. The Morgan fingerprint density at radius 3 is 3.09 bits per heavy atom. The smallest absolute Gasteiger partial charge is 0.264 e. The van der Waals surface area contributed by atoms with E-state index in [0.717, 1.165) is 11.3 Å². The van der Waals surface area contributed by atoms with Crippen LogP contribution in [0.1, 0.15) is 17.3 Å². The number of hydrogen-bond donors (Lipinski definition) is 1. The molecule has 23 heavy (non-hydrogen) atoms. The fraction of sp³-hybridized carbons (Fsp3) is 0.375. The average Bonchev–Trinajstić information content (AvgIpc) is 3.18. The molecular weight excluding hydrogens is 318 g/mol. The summed E-state index contributed by atoms with van der Waals surface area (Å²) in [7, 11) is 0. The monoisotopic (exact) mass is 333 g/mol. The zero-order valence-electron chi connectivity index (χ0n) is 12.4. The lowest BCUT2D eigenvalue weighted by atomic mass is 10.1. The third-order valence-electron chi connectivity index (χ3n) is 4.45. The summed E-state index contributed by atoms with van der Waals surface area (Å²) in [5, 5.41) is 14.6. The van der Waals surface area contributed by atoms with Gasteiger partial charge in [0.1, 0.15) is 5.75 Å². The van der Waals surface area contributed by atoms with Crippen LogP contribution in [-0.2, 0) is 17.8 Å². The summed E-state index contributed by atoms with van der Waals surface area (Å²) in [6, 6.07) is 6.83. The molecule has 0 spiro atoms. The van der Waals surface area contributed by atoms with Crippen molar-refractivity contribution < 1.29 is 14.6 Å². The number of aliphatic hydroxyl groups excluding tert-OH is 1. The number of hydrogen-bond acceptors (Lipinski definition) is 4. The van der Waals surface area contributed by atoms with Gasteiger partial charge in [-0.05, 0) is 29.8 Å². The van der Waals surface area contributed by atoms with E-state index in [1.54, 1.807) is 23.2 Å². The summed E-state index contributed by atoms with van der Waals surface area (Å²) in [5.41, 5.74) is 1.80. The molecule has 2 aliphatic rings. The van der Waals surface area contributed by atoms with Crippen LogP contribution in [0.3, 0.4) is 0 Å². The molecule has 120 valence electrons. The molecule has 0 fully saturated rings. The van der Waals surface area contributed by atoms with E-state index in [2.05, 4.69) is 5.10 Å². The highest BCUT2D eigenvalue weighted by Crippen LogP contribution is 2.33. The maximum Gasteiger partial charge on any atom is 0.264 e. The van der Waals surface area contributed by atoms with Crippen LogP contribution in [0.2, 0.25) is 5.02 Å². The molecule has 2 atom stereocenters. The van der Waals surface area contributed by atoms with Gasteiger partial charge in [0.25, 0.3) is 5.91 Å². The molecule has 0 saturated carbocycles. The summed E-state index contributed by atoms with van der Waals surface area (Å²) in [4.78, 5) is 14.6. The van der Waals surface area contributed by atoms with Crippen LogP contribution >= 0.6 is 11.6 Å². The number of carbonyl (C=O) groups is 1. The van der Waals surface area contributed by atoms with Gasteiger partial charge in [-0.25, -0.2) is 0 Å². The molecule has 7 heteroatoms. The van der Waals surface area contributed by atoms with E-state index in [9.17, 15) is 9.90 Å². The highest BCUT2D eigenvalue weighted by Gasteiger charge is 2.38. The number of nitrogens with zero attached hydrogens (tertiary/aromatic N) is 3. The summed E-state index contributed by atoms with van der Waals surface area (Å²) in [5.74, 6) is 0.596. The average molecular weight is 334 g/mol. The standard InChI is InChI=1S/C16H16ClN3O3/c17-11-1-2-14-10(7-11)8-15(23-14)16(22)19-5-6-20-12(3-4-18-20)13(19)9-21/h1-4,7,13,15,21H,5-6,8-9H2. The maximum absolute atomic E-state index is 12.9. The van der Waals surface area contributed by atoms with Crippen molar-refractivity contribution in [1.82, 2.24) is 14.7 Å². The Labute approximate surface area is 138 Å². The first-order valence-electron chi connectivity index (χ1n) is 7.55. The number of halogens is 1. The van der Waals surface area contributed by atoms with Crippen LogP contribution in [0.15, 0.2) is 30.5 Å². The first-order chi connectivity index (χ1) is 11.2. The predicted molar refractivity (Wildman–Crippen MR) is 83.3 cm³/mol. The van der Waals surface area contributed by atoms with E-state index in [1.165, 1.54) is 0 Å². The number of carbonyl (C=O) groups excluding carboxylic acids is 1. The van der Waals surface area contributed by atoms with E-state index in [0.29, 0.717) is 30.3 Å². The van der Waals surface area contributed by atoms with Crippen molar-refractivity contribution in [2.75, 3.05) is 13.2 Å². The van der Waals surface area contributed by atoms with E-state index in [1.807, 2.05) is 16.8 Å². The first-order valence-corrected chi connectivity index (χ1v) is 7.93. The molecule has 2 aliphatic heterocycles. The number of amides is 1. The topological polar surface area (TPSA) is 67.6 Å². The lowest BCUT2D eigenvalue weighted by Crippen LogP contribution is -2.49. The van der Waals surface area contributed by atoms with Crippen molar-refractivity contribution in [2.24, 2.45) is 0 Å². The van der Waals surface area contributed by atoms with Crippen molar-refractivity contribution in [2.45, 2.75) is 25.1 Å². The number of rotatable bonds is 2. The van der Waals surface area contributed by atoms with Gasteiger partial charge in [-0.2, -0.15) is 5.10 Å². The van der Waals surface area contributed by atoms with Crippen LogP contribution in [-0.4, -0.2) is 44.9 Å². The second-order valence-electron chi connectivity index (χ2n) is 5.77. The van der Waals surface area contributed by atoms with E-state index < -0.39 is 6.10 Å². The van der Waals surface area contributed by atoms with Crippen LogP contribution < -0.4 is 4.74 Å². The van der Waals surface area contributed by atoms with Gasteiger partial charge in [0.15, 0.2) is 6.10 Å². The molecule has 4 rings (SSSR count). The zero-order chi connectivity index (χ0) is 16.0. The molecule has 0 radical (unpaired) electrons. The van der Waals surface area contributed by atoms with Crippen molar-refractivity contribution in [3.8, 4) is 5.75 Å². The quantitative estimate of drug-likeness (QED) is 0.902. The number of aliphatic hydroxyl groups is 1. The first kappa shape index (κ1) is 14.5. The SMILES string of the molecule is O=C(C1Cc2cc(Cl)ccc2O1)N1CCn2nccc2C1CO. The van der Waals surface area contributed by atoms with Gasteiger partial charge in [0, 0.05) is 24.2 Å². The van der Waals surface area contributed by atoms with Gasteiger partial charge in [0.2, 0.25) is 0 Å². The Morgan fingerprint density at radius 1 is 1.39 bits per heavy atom. The third kappa shape index (κ3) is 2.38. The third-order valence-corrected chi connectivity index (χ3v) is 4.68. The minimum atomic E-state index is -0.563. The summed E-state index contributed by atoms with van der Waals surface area (Å²) >= 11 is 6.00. The van der Waals surface area contributed by atoms with Gasteiger partial charge >= 0.3 is 0 Å². The molecule has 1 amide bonds. The molecular formula is C16H16ClN3O3. The second-order valence-corrected chi connectivity index (χ2v) is 6.21. The van der Waals surface area contributed by atoms with Crippen LogP contribution in [0.25, 0.3) is 0 Å². The summed E-state index contributed by atoms with van der Waals surface area (Å²) in [6.07, 6.45) is 1.63. The fourth-order valence-electron chi connectivity index (χ4n) is 3.33. The van der Waals surface area contributed by atoms with Crippen molar-refractivity contribution in [1.29, 1.82) is 0 Å². The molecule has 1 aromatic carbocycles. The van der Waals surface area contributed by atoms with Crippen LogP contribution in [0.5, 0.6) is 5.75 Å². The van der Waals surface area contributed by atoms with Crippen molar-refractivity contribution >= 4 is 17.5 Å². The Bertz CT molecular complexity index is 761. The van der Waals surface area contributed by atoms with Gasteiger partial charge < -0.3 is 14.7 Å². The van der Waals surface area contributed by atoms with E-state index >= 15 is 0 Å². The summed E-state index contributed by atoms with van der Waals surface area (Å²) < 4.78 is 7.61. The lowest BCUT2D eigenvalue weighted by Gasteiger charge is -2.36. The molecule has 2 aromatic rings. The largest absolute Gasteiger partial charge is 0.480 e. The molecule has 1 N–H and O–H groups in total. The molecule has 0 aliphatic carbocycles. The molecule has 6 nitrogen and oxygen atoms in total. The van der Waals surface area contributed by atoms with Gasteiger partial charge in [-0.15, -0.1) is 0 Å². The second kappa shape index (κ2) is 5.54. The maximum atomic E-state index is 12.9. The molecule has 0 bridgehead atoms. The normalized spacial score (nSPS) is 22.4. The van der Waals surface area contributed by atoms with Crippen LogP contribution in [0, 0.1) is 0 Å². The molecule has 1 aromatic heterocycles. The number of benzene rings is 1. The Balaban J connectivity index is 1.56. The van der Waals surface area contributed by atoms with E-state index in [-0.39, 0.29) is 18.6 Å². The molecule has 3 heterocycles. The Hall–Kier alpha value is -2.05. The van der Waals surface area contributed by atoms with Crippen molar-refractivity contribution in [3.05, 3.63) is 46.7 Å². The number of fused-ring (bicyclic) bond motifs is 2. The summed E-state index contributed by atoms with van der Waals surface area (Å²) in [6.45, 7) is 0.995. The Kier molecular flexibility index (Phi) is 3.50. The fourth-order valence-corrected chi connectivity index (χ4v) is 3.52. The van der Waals surface area contributed by atoms with Crippen LogP contribution in [0.4, 0.5) is 0 Å². The van der Waals surface area contributed by atoms with E-state index in [4.69, 9.17) is 16.3 Å². The highest BCUT2D eigenvalue weighted by atomic mass is 35.5. The predicted octanol–water partition coefficient (Wildman–Crippen LogP) is 1.42. The van der Waals surface area contributed by atoms with Gasteiger partial charge in [-0.3, -0.25) is 9.48 Å². The van der Waals surface area contributed by atoms with Gasteiger partial charge in [0.05, 0.1) is 24.9 Å². The zero-order valence-corrected chi connectivity index (χ0v) is 13.1. The number of ether oxygens (including phenoxy) is 1. The minimum absolute atomic E-state index is 0.108. The molecule has 0 saturated heterocycles. The van der Waals surface area contributed by atoms with Gasteiger partial charge in [-0.1, -0.05) is 11.6 Å². The Morgan fingerprint density at radius 2 is 2.26 bits per heavy atom. The minimum Gasteiger partial charge on any atom is -0.480 e. The molecule has 2 unspecified atom stereocenters.